The summed E-state index contributed by atoms with van der Waals surface area (Å²) in [6.07, 6.45) is 8.80. The fraction of sp³-hybridized carbons (Fsp3) is 0.739. The summed E-state index contributed by atoms with van der Waals surface area (Å²) in [5.74, 6) is 1.37. The fourth-order valence-electron chi connectivity index (χ4n) is 4.18. The van der Waals surface area contributed by atoms with E-state index in [9.17, 15) is 0 Å². The Labute approximate surface area is 146 Å². The second-order valence-corrected chi connectivity index (χ2v) is 7.91. The van der Waals surface area contributed by atoms with Gasteiger partial charge in [0, 0.05) is 0 Å². The van der Waals surface area contributed by atoms with Gasteiger partial charge in [0.05, 0.1) is 0 Å². The Morgan fingerprint density at radius 2 is 1.35 bits per heavy atom. The Kier molecular flexibility index (Phi) is 8.37. The van der Waals surface area contributed by atoms with E-state index in [-0.39, 0.29) is 0 Å². The van der Waals surface area contributed by atoms with Gasteiger partial charge in [-0.1, -0.05) is 61.3 Å². The SMILES string of the molecule is CCCCc1c(CC(C)C)c(C)c(CC)c(CCC)c1C(C)C. The van der Waals surface area contributed by atoms with E-state index < -0.39 is 0 Å². The molecule has 0 nitrogen and oxygen atoms in total. The predicted molar refractivity (Wildman–Crippen MR) is 106 cm³/mol. The summed E-state index contributed by atoms with van der Waals surface area (Å²) < 4.78 is 0. The number of unbranched alkanes of at least 4 members (excludes halogenated alkanes) is 1. The molecule has 132 valence electrons. The molecule has 0 N–H and O–H groups in total. The fourth-order valence-corrected chi connectivity index (χ4v) is 4.18. The lowest BCUT2D eigenvalue weighted by molar-refractivity contribution is 0.630. The third-order valence-electron chi connectivity index (χ3n) is 5.11. The van der Waals surface area contributed by atoms with Crippen molar-refractivity contribution < 1.29 is 0 Å². The van der Waals surface area contributed by atoms with Crippen molar-refractivity contribution in [1.29, 1.82) is 0 Å². The van der Waals surface area contributed by atoms with Crippen LogP contribution in [0.15, 0.2) is 0 Å². The van der Waals surface area contributed by atoms with Gasteiger partial charge in [-0.05, 0) is 84.2 Å². The highest BCUT2D eigenvalue weighted by Crippen LogP contribution is 2.36. The minimum atomic E-state index is 0.639. The van der Waals surface area contributed by atoms with E-state index in [0.29, 0.717) is 5.92 Å². The Bertz CT molecular complexity index is 491. The van der Waals surface area contributed by atoms with E-state index >= 15 is 0 Å². The molecule has 1 aromatic carbocycles. The molecule has 0 bridgehead atoms. The normalized spacial score (nSPS) is 11.7. The molecule has 0 amide bonds. The highest BCUT2D eigenvalue weighted by atomic mass is 14.3. The molecule has 0 aliphatic heterocycles. The number of benzene rings is 1. The van der Waals surface area contributed by atoms with Crippen LogP contribution in [0.3, 0.4) is 0 Å². The molecule has 0 aliphatic rings. The van der Waals surface area contributed by atoms with E-state index in [0.717, 1.165) is 5.92 Å². The summed E-state index contributed by atoms with van der Waals surface area (Å²) in [5, 5.41) is 0. The number of hydrogen-bond donors (Lipinski definition) is 0. The Morgan fingerprint density at radius 3 is 1.78 bits per heavy atom. The van der Waals surface area contributed by atoms with E-state index in [4.69, 9.17) is 0 Å². The summed E-state index contributed by atoms with van der Waals surface area (Å²) in [5.41, 5.74) is 10.1. The zero-order valence-corrected chi connectivity index (χ0v) is 17.1. The van der Waals surface area contributed by atoms with Crippen LogP contribution in [-0.4, -0.2) is 0 Å². The maximum atomic E-state index is 2.40. The summed E-state index contributed by atoms with van der Waals surface area (Å²) >= 11 is 0. The van der Waals surface area contributed by atoms with Gasteiger partial charge in [0.15, 0.2) is 0 Å². The van der Waals surface area contributed by atoms with Crippen LogP contribution in [0.2, 0.25) is 0 Å². The van der Waals surface area contributed by atoms with Gasteiger partial charge in [0.2, 0.25) is 0 Å². The molecule has 0 heteroatoms. The maximum absolute atomic E-state index is 2.40. The van der Waals surface area contributed by atoms with Crippen molar-refractivity contribution in [1.82, 2.24) is 0 Å². The molecule has 1 rings (SSSR count). The number of hydrogen-bond acceptors (Lipinski definition) is 0. The molecule has 23 heavy (non-hydrogen) atoms. The molecule has 0 aliphatic carbocycles. The molecule has 0 spiro atoms. The lowest BCUT2D eigenvalue weighted by Crippen LogP contribution is -2.14. The van der Waals surface area contributed by atoms with Gasteiger partial charge in [-0.3, -0.25) is 0 Å². The first kappa shape index (κ1) is 20.3. The second-order valence-electron chi connectivity index (χ2n) is 7.91. The molecule has 1 aromatic rings. The first-order valence-corrected chi connectivity index (χ1v) is 10.0. The quantitative estimate of drug-likeness (QED) is 0.453. The van der Waals surface area contributed by atoms with Crippen LogP contribution in [0.1, 0.15) is 107 Å². The van der Waals surface area contributed by atoms with Crippen molar-refractivity contribution in [2.75, 3.05) is 0 Å². The standard InChI is InChI=1S/C23H40/c1-9-12-14-21-22(15-16(4)5)18(8)19(11-3)20(13-10-2)23(21)17(6)7/h16-17H,9-15H2,1-8H3. The smallest absolute Gasteiger partial charge is 0.0213 e. The molecular weight excluding hydrogens is 276 g/mol. The van der Waals surface area contributed by atoms with Gasteiger partial charge in [-0.25, -0.2) is 0 Å². The van der Waals surface area contributed by atoms with Gasteiger partial charge >= 0.3 is 0 Å². The van der Waals surface area contributed by atoms with Crippen LogP contribution < -0.4 is 0 Å². The summed E-state index contributed by atoms with van der Waals surface area (Å²) in [7, 11) is 0. The van der Waals surface area contributed by atoms with Crippen molar-refractivity contribution in [3.8, 4) is 0 Å². The molecule has 0 aromatic heterocycles. The summed E-state index contributed by atoms with van der Waals surface area (Å²) in [6, 6.07) is 0. The largest absolute Gasteiger partial charge is 0.0654 e. The van der Waals surface area contributed by atoms with Gasteiger partial charge < -0.3 is 0 Å². The number of rotatable bonds is 9. The van der Waals surface area contributed by atoms with E-state index in [1.165, 1.54) is 44.9 Å². The Morgan fingerprint density at radius 1 is 0.739 bits per heavy atom. The lowest BCUT2D eigenvalue weighted by Gasteiger charge is -2.28. The van der Waals surface area contributed by atoms with Crippen LogP contribution in [0.4, 0.5) is 0 Å². The van der Waals surface area contributed by atoms with Crippen molar-refractivity contribution in [2.45, 2.75) is 106 Å². The van der Waals surface area contributed by atoms with Crippen LogP contribution >= 0.6 is 0 Å². The van der Waals surface area contributed by atoms with Gasteiger partial charge in [0.1, 0.15) is 0 Å². The zero-order valence-electron chi connectivity index (χ0n) is 17.1. The molecular formula is C23H40. The first-order valence-electron chi connectivity index (χ1n) is 10.0. The third kappa shape index (κ3) is 4.85. The minimum Gasteiger partial charge on any atom is -0.0654 e. The van der Waals surface area contributed by atoms with Crippen molar-refractivity contribution in [2.24, 2.45) is 5.92 Å². The van der Waals surface area contributed by atoms with Crippen LogP contribution in [0, 0.1) is 12.8 Å². The maximum Gasteiger partial charge on any atom is -0.0213 e. The van der Waals surface area contributed by atoms with Crippen molar-refractivity contribution in [3.63, 3.8) is 0 Å². The lowest BCUT2D eigenvalue weighted by atomic mass is 9.77. The predicted octanol–water partition coefficient (Wildman–Crippen LogP) is 7.17. The van der Waals surface area contributed by atoms with Gasteiger partial charge in [-0.2, -0.15) is 0 Å². The van der Waals surface area contributed by atoms with Gasteiger partial charge in [-0.15, -0.1) is 0 Å². The van der Waals surface area contributed by atoms with Crippen LogP contribution in [-0.2, 0) is 25.7 Å². The molecule has 0 saturated carbocycles. The molecule has 0 radical (unpaired) electrons. The van der Waals surface area contributed by atoms with Crippen molar-refractivity contribution >= 4 is 0 Å². The van der Waals surface area contributed by atoms with Crippen LogP contribution in [0.25, 0.3) is 0 Å². The molecule has 0 atom stereocenters. The molecule has 0 heterocycles. The summed E-state index contributed by atoms with van der Waals surface area (Å²) in [6.45, 7) is 18.9. The second kappa shape index (κ2) is 9.50. The van der Waals surface area contributed by atoms with E-state index in [2.05, 4.69) is 55.4 Å². The zero-order chi connectivity index (χ0) is 17.6. The highest BCUT2D eigenvalue weighted by Gasteiger charge is 2.22. The van der Waals surface area contributed by atoms with Gasteiger partial charge in [0.25, 0.3) is 0 Å². The molecule has 0 unspecified atom stereocenters. The topological polar surface area (TPSA) is 0 Å². The summed E-state index contributed by atoms with van der Waals surface area (Å²) in [4.78, 5) is 0. The Balaban J connectivity index is 3.68. The van der Waals surface area contributed by atoms with E-state index in [1.54, 1.807) is 33.4 Å². The minimum absolute atomic E-state index is 0.639. The van der Waals surface area contributed by atoms with Crippen molar-refractivity contribution in [3.05, 3.63) is 33.4 Å². The average molecular weight is 317 g/mol. The first-order chi connectivity index (χ1) is 10.9. The third-order valence-corrected chi connectivity index (χ3v) is 5.11. The highest BCUT2D eigenvalue weighted by molar-refractivity contribution is 5.53. The monoisotopic (exact) mass is 316 g/mol. The molecule has 0 saturated heterocycles. The molecule has 0 fully saturated rings. The van der Waals surface area contributed by atoms with E-state index in [1.807, 2.05) is 0 Å². The Hall–Kier alpha value is -0.780. The van der Waals surface area contributed by atoms with Crippen LogP contribution in [0.5, 0.6) is 0 Å². The average Bonchev–Trinajstić information content (AvgIpc) is 2.48.